The molecule has 0 spiro atoms. The summed E-state index contributed by atoms with van der Waals surface area (Å²) in [5.41, 5.74) is 1.93. The Hall–Kier alpha value is -1.54. The van der Waals surface area contributed by atoms with Crippen LogP contribution in [0.25, 0.3) is 10.2 Å². The molecule has 0 saturated heterocycles. The molecular formula is C21H21Cl2N3O2S2. The Morgan fingerprint density at radius 3 is 2.80 bits per heavy atom. The number of thioether (sulfide) groups is 1. The van der Waals surface area contributed by atoms with Crippen molar-refractivity contribution in [3.05, 3.63) is 54.6 Å². The first-order valence-corrected chi connectivity index (χ1v) is 12.1. The molecule has 0 saturated carbocycles. The van der Waals surface area contributed by atoms with Crippen LogP contribution in [0, 0.1) is 0 Å². The van der Waals surface area contributed by atoms with E-state index in [-0.39, 0.29) is 17.5 Å². The van der Waals surface area contributed by atoms with E-state index in [0.29, 0.717) is 15.2 Å². The lowest BCUT2D eigenvalue weighted by Gasteiger charge is -2.19. The molecule has 0 bridgehead atoms. The molecule has 5 nitrogen and oxygen atoms in total. The number of benzene rings is 1. The standard InChI is InChI=1S/C21H21Cl2N3O2S2/c1-10(13-8-7-12(22)9-15(13)23)24-18(27)11(2)29-21-25-19-17(20(28)26(21)3)14-5-4-6-16(14)30-19/h7-11H,4-6H2,1-3H3,(H,24,27)/t10-,11-/m0/s1. The average molecular weight is 482 g/mol. The second-order valence-electron chi connectivity index (χ2n) is 7.45. The van der Waals surface area contributed by atoms with Crippen molar-refractivity contribution in [2.45, 2.75) is 49.6 Å². The van der Waals surface area contributed by atoms with Gasteiger partial charge in [-0.3, -0.25) is 14.2 Å². The van der Waals surface area contributed by atoms with Crippen LogP contribution in [0.4, 0.5) is 0 Å². The van der Waals surface area contributed by atoms with Crippen LogP contribution in [0.15, 0.2) is 28.2 Å². The van der Waals surface area contributed by atoms with Crippen molar-refractivity contribution in [2.24, 2.45) is 7.05 Å². The van der Waals surface area contributed by atoms with Gasteiger partial charge in [0.05, 0.1) is 16.7 Å². The molecule has 2 atom stereocenters. The quantitative estimate of drug-likeness (QED) is 0.404. The Labute approximate surface area is 192 Å². The Kier molecular flexibility index (Phi) is 6.17. The van der Waals surface area contributed by atoms with E-state index in [9.17, 15) is 9.59 Å². The Morgan fingerprint density at radius 2 is 2.07 bits per heavy atom. The van der Waals surface area contributed by atoms with Gasteiger partial charge in [0.25, 0.3) is 5.56 Å². The van der Waals surface area contributed by atoms with Crippen molar-refractivity contribution < 1.29 is 4.79 Å². The van der Waals surface area contributed by atoms with E-state index in [1.807, 2.05) is 13.0 Å². The molecule has 158 valence electrons. The number of carbonyl (C=O) groups is 1. The van der Waals surface area contributed by atoms with Crippen LogP contribution in [-0.2, 0) is 24.7 Å². The maximum Gasteiger partial charge on any atom is 0.262 e. The predicted octanol–water partition coefficient (Wildman–Crippen LogP) is 5.15. The lowest BCUT2D eigenvalue weighted by atomic mass is 10.1. The molecule has 0 fully saturated rings. The van der Waals surface area contributed by atoms with Gasteiger partial charge >= 0.3 is 0 Å². The van der Waals surface area contributed by atoms with E-state index in [1.165, 1.54) is 22.2 Å². The molecule has 0 unspecified atom stereocenters. The van der Waals surface area contributed by atoms with Crippen LogP contribution < -0.4 is 10.9 Å². The highest BCUT2D eigenvalue weighted by molar-refractivity contribution is 8.00. The summed E-state index contributed by atoms with van der Waals surface area (Å²) in [5, 5.41) is 4.91. The first kappa shape index (κ1) is 21.7. The molecule has 3 aromatic rings. The molecule has 0 aliphatic heterocycles. The Morgan fingerprint density at radius 1 is 1.30 bits per heavy atom. The number of hydrogen-bond donors (Lipinski definition) is 1. The molecule has 1 aliphatic carbocycles. The minimum atomic E-state index is -0.430. The number of aromatic nitrogens is 2. The molecule has 2 heterocycles. The van der Waals surface area contributed by atoms with Crippen LogP contribution in [-0.4, -0.2) is 20.7 Å². The number of nitrogens with one attached hydrogen (secondary N) is 1. The van der Waals surface area contributed by atoms with Crippen LogP contribution >= 0.6 is 46.3 Å². The summed E-state index contributed by atoms with van der Waals surface area (Å²) in [7, 11) is 1.72. The Balaban J connectivity index is 1.52. The van der Waals surface area contributed by atoms with Gasteiger partial charge in [0.15, 0.2) is 5.16 Å². The van der Waals surface area contributed by atoms with Gasteiger partial charge in [-0.15, -0.1) is 11.3 Å². The van der Waals surface area contributed by atoms with E-state index >= 15 is 0 Å². The fourth-order valence-corrected chi connectivity index (χ4v) is 6.44. The van der Waals surface area contributed by atoms with Crippen molar-refractivity contribution in [1.82, 2.24) is 14.9 Å². The summed E-state index contributed by atoms with van der Waals surface area (Å²) in [4.78, 5) is 32.5. The fraction of sp³-hybridized carbons (Fsp3) is 0.381. The zero-order chi connectivity index (χ0) is 21.6. The van der Waals surface area contributed by atoms with Crippen LogP contribution in [0.1, 0.15) is 42.3 Å². The second-order valence-corrected chi connectivity index (χ2v) is 10.7. The molecule has 0 radical (unpaired) electrons. The number of halogens is 2. The normalized spacial score (nSPS) is 15.2. The Bertz CT molecular complexity index is 1210. The third kappa shape index (κ3) is 4.00. The smallest absolute Gasteiger partial charge is 0.262 e. The number of carbonyl (C=O) groups excluding carboxylic acids is 1. The third-order valence-corrected chi connectivity index (χ3v) is 8.24. The van der Waals surface area contributed by atoms with Gasteiger partial charge < -0.3 is 5.32 Å². The number of nitrogens with zero attached hydrogens (tertiary/aromatic N) is 2. The summed E-state index contributed by atoms with van der Waals surface area (Å²) < 4.78 is 1.56. The van der Waals surface area contributed by atoms with Gasteiger partial charge in [-0.25, -0.2) is 4.98 Å². The predicted molar refractivity (Wildman–Crippen MR) is 125 cm³/mol. The van der Waals surface area contributed by atoms with Gasteiger partial charge in [0.1, 0.15) is 4.83 Å². The maximum absolute atomic E-state index is 12.9. The summed E-state index contributed by atoms with van der Waals surface area (Å²) in [6.07, 6.45) is 3.07. The minimum absolute atomic E-state index is 0.0316. The molecule has 4 rings (SSSR count). The van der Waals surface area contributed by atoms with Gasteiger partial charge in [0.2, 0.25) is 5.91 Å². The van der Waals surface area contributed by atoms with E-state index in [2.05, 4.69) is 5.32 Å². The zero-order valence-electron chi connectivity index (χ0n) is 16.8. The average Bonchev–Trinajstić information content (AvgIpc) is 3.26. The molecule has 1 aromatic carbocycles. The van der Waals surface area contributed by atoms with Crippen LogP contribution in [0.5, 0.6) is 0 Å². The topological polar surface area (TPSA) is 64.0 Å². The summed E-state index contributed by atoms with van der Waals surface area (Å²) >= 11 is 15.1. The first-order valence-electron chi connectivity index (χ1n) is 9.69. The van der Waals surface area contributed by atoms with Crippen LogP contribution in [0.2, 0.25) is 10.0 Å². The number of thiophene rings is 1. The van der Waals surface area contributed by atoms with Gasteiger partial charge in [0, 0.05) is 22.0 Å². The monoisotopic (exact) mass is 481 g/mol. The van der Waals surface area contributed by atoms with Crippen molar-refractivity contribution in [3.63, 3.8) is 0 Å². The molecule has 30 heavy (non-hydrogen) atoms. The highest BCUT2D eigenvalue weighted by Crippen LogP contribution is 2.36. The molecule has 1 N–H and O–H groups in total. The summed E-state index contributed by atoms with van der Waals surface area (Å²) in [6.45, 7) is 3.68. The van der Waals surface area contributed by atoms with Gasteiger partial charge in [-0.05, 0) is 56.4 Å². The second kappa shape index (κ2) is 8.54. The fourth-order valence-electron chi connectivity index (χ4n) is 3.68. The molecular weight excluding hydrogens is 461 g/mol. The number of rotatable bonds is 5. The SMILES string of the molecule is C[C@H](Sc1nc2sc3c(c2c(=O)n1C)CCC3)C(=O)N[C@@H](C)c1ccc(Cl)cc1Cl. The highest BCUT2D eigenvalue weighted by atomic mass is 35.5. The summed E-state index contributed by atoms with van der Waals surface area (Å²) in [6, 6.07) is 4.94. The van der Waals surface area contributed by atoms with Crippen molar-refractivity contribution in [3.8, 4) is 0 Å². The van der Waals surface area contributed by atoms with Crippen LogP contribution in [0.3, 0.4) is 0 Å². The number of aryl methyl sites for hydroxylation is 2. The van der Waals surface area contributed by atoms with Crippen molar-refractivity contribution >= 4 is 62.4 Å². The minimum Gasteiger partial charge on any atom is -0.349 e. The lowest BCUT2D eigenvalue weighted by molar-refractivity contribution is -0.120. The molecule has 1 aliphatic rings. The van der Waals surface area contributed by atoms with Crippen molar-refractivity contribution in [2.75, 3.05) is 0 Å². The third-order valence-electron chi connectivity index (χ3n) is 5.34. The summed E-state index contributed by atoms with van der Waals surface area (Å²) in [5.74, 6) is -0.151. The van der Waals surface area contributed by atoms with E-state index in [0.717, 1.165) is 35.0 Å². The molecule has 2 aromatic heterocycles. The molecule has 1 amide bonds. The maximum atomic E-state index is 12.9. The largest absolute Gasteiger partial charge is 0.349 e. The molecule has 9 heteroatoms. The first-order chi connectivity index (χ1) is 14.3. The number of amides is 1. The van der Waals surface area contributed by atoms with E-state index in [4.69, 9.17) is 28.2 Å². The number of hydrogen-bond acceptors (Lipinski definition) is 5. The van der Waals surface area contributed by atoms with Gasteiger partial charge in [-0.1, -0.05) is 41.0 Å². The van der Waals surface area contributed by atoms with Gasteiger partial charge in [-0.2, -0.15) is 0 Å². The van der Waals surface area contributed by atoms with E-state index in [1.54, 1.807) is 42.0 Å². The zero-order valence-corrected chi connectivity index (χ0v) is 19.9. The van der Waals surface area contributed by atoms with Crippen molar-refractivity contribution in [1.29, 1.82) is 0 Å². The highest BCUT2D eigenvalue weighted by Gasteiger charge is 2.25. The van der Waals surface area contributed by atoms with E-state index < -0.39 is 5.25 Å². The lowest BCUT2D eigenvalue weighted by Crippen LogP contribution is -2.33. The number of fused-ring (bicyclic) bond motifs is 3.